The Morgan fingerprint density at radius 2 is 1.75 bits per heavy atom. The molecule has 0 bridgehead atoms. The minimum atomic E-state index is -1.16. The van der Waals surface area contributed by atoms with Crippen molar-refractivity contribution in [1.29, 1.82) is 0 Å². The fraction of sp³-hybridized carbons (Fsp3) is 0.714. The number of rotatable bonds is 3. The molecule has 0 aromatic heterocycles. The molecule has 1 aliphatic carbocycles. The molecule has 0 heterocycles. The first-order chi connectivity index (χ1) is 7.12. The van der Waals surface area contributed by atoms with Gasteiger partial charge in [0.25, 0.3) is 0 Å². The maximum Gasteiger partial charge on any atom is 0.0720 e. The number of hydrogen-bond acceptors (Lipinski definition) is 0. The molecular formula is C14H28Si2. The summed E-state index contributed by atoms with van der Waals surface area (Å²) in [5, 5.41) is 2.23. The van der Waals surface area contributed by atoms with Crippen molar-refractivity contribution in [1.82, 2.24) is 0 Å². The van der Waals surface area contributed by atoms with Crippen molar-refractivity contribution >= 4 is 16.1 Å². The fourth-order valence-corrected chi connectivity index (χ4v) is 6.70. The SMILES string of the molecule is C=CC1([Si](C)(C)C)CCC=C([Si](C)(C)C)C1. The molecule has 1 aliphatic rings. The Morgan fingerprint density at radius 3 is 2.12 bits per heavy atom. The third-order valence-electron chi connectivity index (χ3n) is 4.33. The third kappa shape index (κ3) is 2.59. The molecular weight excluding hydrogens is 224 g/mol. The zero-order valence-electron chi connectivity index (χ0n) is 12.0. The first-order valence-corrected chi connectivity index (χ1v) is 13.5. The van der Waals surface area contributed by atoms with Crippen molar-refractivity contribution in [2.45, 2.75) is 63.6 Å². The zero-order chi connectivity index (χ0) is 12.6. The molecule has 1 atom stereocenters. The molecule has 0 spiro atoms. The van der Waals surface area contributed by atoms with Gasteiger partial charge in [-0.15, -0.1) is 6.58 Å². The molecule has 0 radical (unpaired) electrons. The lowest BCUT2D eigenvalue weighted by molar-refractivity contribution is 0.574. The van der Waals surface area contributed by atoms with Crippen LogP contribution in [0.3, 0.4) is 0 Å². The standard InChI is InChI=1S/C14H28Si2/c1-8-14(16(5,6)7)11-9-10-13(12-14)15(2,3)4/h8,10H,1,9,11-12H2,2-7H3. The average molecular weight is 253 g/mol. The Bertz CT molecular complexity index is 302. The highest BCUT2D eigenvalue weighted by Gasteiger charge is 2.43. The van der Waals surface area contributed by atoms with Crippen LogP contribution in [-0.4, -0.2) is 16.1 Å². The molecule has 0 aromatic rings. The van der Waals surface area contributed by atoms with E-state index < -0.39 is 16.1 Å². The van der Waals surface area contributed by atoms with Gasteiger partial charge in [0.05, 0.1) is 16.1 Å². The van der Waals surface area contributed by atoms with Gasteiger partial charge in [-0.3, -0.25) is 0 Å². The molecule has 0 aromatic carbocycles. The Morgan fingerprint density at radius 1 is 1.19 bits per heavy atom. The van der Waals surface area contributed by atoms with E-state index in [2.05, 4.69) is 58.0 Å². The van der Waals surface area contributed by atoms with Gasteiger partial charge in [0, 0.05) is 0 Å². The van der Waals surface area contributed by atoms with E-state index >= 15 is 0 Å². The van der Waals surface area contributed by atoms with Gasteiger partial charge in [-0.2, -0.15) is 0 Å². The summed E-state index contributed by atoms with van der Waals surface area (Å²) in [6, 6.07) is 0. The van der Waals surface area contributed by atoms with E-state index in [9.17, 15) is 0 Å². The smallest absolute Gasteiger partial charge is 0.0720 e. The van der Waals surface area contributed by atoms with Gasteiger partial charge in [0.2, 0.25) is 0 Å². The summed E-state index contributed by atoms with van der Waals surface area (Å²) in [5.41, 5.74) is 0. The van der Waals surface area contributed by atoms with Crippen LogP contribution in [0.1, 0.15) is 19.3 Å². The predicted molar refractivity (Wildman–Crippen MR) is 81.5 cm³/mol. The summed E-state index contributed by atoms with van der Waals surface area (Å²) in [4.78, 5) is 0. The van der Waals surface area contributed by atoms with Gasteiger partial charge in [-0.25, -0.2) is 0 Å². The monoisotopic (exact) mass is 252 g/mol. The normalized spacial score (nSPS) is 27.5. The van der Waals surface area contributed by atoms with Crippen LogP contribution in [0.2, 0.25) is 44.3 Å². The summed E-state index contributed by atoms with van der Waals surface area (Å²) in [6.45, 7) is 19.1. The summed E-state index contributed by atoms with van der Waals surface area (Å²) in [5.74, 6) is 0. The van der Waals surface area contributed by atoms with E-state index in [1.54, 1.807) is 5.20 Å². The van der Waals surface area contributed by atoms with Crippen molar-refractivity contribution in [2.75, 3.05) is 0 Å². The van der Waals surface area contributed by atoms with Gasteiger partial charge < -0.3 is 0 Å². The van der Waals surface area contributed by atoms with Crippen LogP contribution in [0.4, 0.5) is 0 Å². The molecule has 1 rings (SSSR count). The Hall–Kier alpha value is -0.0862. The average Bonchev–Trinajstić information content (AvgIpc) is 2.15. The highest BCUT2D eigenvalue weighted by molar-refractivity contribution is 6.84. The lowest BCUT2D eigenvalue weighted by atomic mass is 9.93. The Balaban J connectivity index is 3.05. The third-order valence-corrected chi connectivity index (χ3v) is 10.3. The van der Waals surface area contributed by atoms with Gasteiger partial charge in [-0.05, 0) is 24.3 Å². The lowest BCUT2D eigenvalue weighted by Crippen LogP contribution is -2.42. The number of hydrogen-bond donors (Lipinski definition) is 0. The molecule has 0 nitrogen and oxygen atoms in total. The van der Waals surface area contributed by atoms with Gasteiger partial charge >= 0.3 is 0 Å². The highest BCUT2D eigenvalue weighted by atomic mass is 28.3. The van der Waals surface area contributed by atoms with Crippen LogP contribution in [0.25, 0.3) is 0 Å². The number of allylic oxidation sites excluding steroid dienone is 3. The van der Waals surface area contributed by atoms with E-state index in [0.29, 0.717) is 5.04 Å². The summed E-state index contributed by atoms with van der Waals surface area (Å²) in [7, 11) is -2.27. The largest absolute Gasteiger partial charge is 0.103 e. The summed E-state index contributed by atoms with van der Waals surface area (Å²) in [6.07, 6.45) is 8.75. The van der Waals surface area contributed by atoms with Crippen LogP contribution >= 0.6 is 0 Å². The van der Waals surface area contributed by atoms with Crippen molar-refractivity contribution in [3.05, 3.63) is 23.9 Å². The van der Waals surface area contributed by atoms with Crippen LogP contribution in [0, 0.1) is 0 Å². The van der Waals surface area contributed by atoms with Crippen molar-refractivity contribution in [2.24, 2.45) is 0 Å². The van der Waals surface area contributed by atoms with Crippen LogP contribution < -0.4 is 0 Å². The first-order valence-electron chi connectivity index (χ1n) is 6.45. The molecule has 0 fully saturated rings. The minimum Gasteiger partial charge on any atom is -0.103 e. The first kappa shape index (κ1) is 14.0. The molecule has 0 saturated carbocycles. The second-order valence-electron chi connectivity index (χ2n) is 7.31. The summed E-state index contributed by atoms with van der Waals surface area (Å²) < 4.78 is 0. The Labute approximate surface area is 104 Å². The van der Waals surface area contributed by atoms with Gasteiger partial charge in [0.15, 0.2) is 0 Å². The molecule has 0 N–H and O–H groups in total. The van der Waals surface area contributed by atoms with E-state index in [1.165, 1.54) is 19.3 Å². The van der Waals surface area contributed by atoms with Gasteiger partial charge in [-0.1, -0.05) is 56.6 Å². The maximum absolute atomic E-state index is 4.16. The molecule has 0 amide bonds. The fourth-order valence-electron chi connectivity index (χ4n) is 2.70. The maximum atomic E-state index is 4.16. The van der Waals surface area contributed by atoms with Crippen molar-refractivity contribution < 1.29 is 0 Å². The van der Waals surface area contributed by atoms with Crippen molar-refractivity contribution in [3.63, 3.8) is 0 Å². The van der Waals surface area contributed by atoms with Gasteiger partial charge in [0.1, 0.15) is 0 Å². The van der Waals surface area contributed by atoms with Crippen LogP contribution in [0.15, 0.2) is 23.9 Å². The van der Waals surface area contributed by atoms with Crippen LogP contribution in [0.5, 0.6) is 0 Å². The van der Waals surface area contributed by atoms with E-state index in [1.807, 2.05) is 0 Å². The van der Waals surface area contributed by atoms with Crippen molar-refractivity contribution in [3.8, 4) is 0 Å². The predicted octanol–water partition coefficient (Wildman–Crippen LogP) is 5.24. The molecule has 0 aliphatic heterocycles. The molecule has 2 heteroatoms. The summed E-state index contributed by atoms with van der Waals surface area (Å²) >= 11 is 0. The minimum absolute atomic E-state index is 0.456. The topological polar surface area (TPSA) is 0 Å². The Kier molecular flexibility index (Phi) is 3.76. The second-order valence-corrected chi connectivity index (χ2v) is 17.9. The zero-order valence-corrected chi connectivity index (χ0v) is 14.0. The molecule has 1 unspecified atom stereocenters. The lowest BCUT2D eigenvalue weighted by Gasteiger charge is -2.46. The van der Waals surface area contributed by atoms with E-state index in [-0.39, 0.29) is 0 Å². The van der Waals surface area contributed by atoms with Crippen LogP contribution in [-0.2, 0) is 0 Å². The molecule has 0 saturated heterocycles. The van der Waals surface area contributed by atoms with E-state index in [4.69, 9.17) is 0 Å². The second kappa shape index (κ2) is 4.30. The highest BCUT2D eigenvalue weighted by Crippen LogP contribution is 2.52. The van der Waals surface area contributed by atoms with E-state index in [0.717, 1.165) is 0 Å². The quantitative estimate of drug-likeness (QED) is 0.476. The molecule has 92 valence electrons. The molecule has 16 heavy (non-hydrogen) atoms.